The number of unbranched alkanes of at least 4 members (excludes halogenated alkanes) is 1. The highest BCUT2D eigenvalue weighted by molar-refractivity contribution is 7.07. The van der Waals surface area contributed by atoms with E-state index in [0.717, 1.165) is 46.8 Å². The maximum atomic E-state index is 11.7. The van der Waals surface area contributed by atoms with E-state index in [1.807, 2.05) is 30.3 Å². The van der Waals surface area contributed by atoms with Crippen LogP contribution in [0.4, 0.5) is 11.4 Å². The Hall–Kier alpha value is -2.86. The summed E-state index contributed by atoms with van der Waals surface area (Å²) in [6.45, 7) is 5.24. The van der Waals surface area contributed by atoms with Crippen LogP contribution in [0.3, 0.4) is 0 Å². The van der Waals surface area contributed by atoms with E-state index >= 15 is 0 Å². The molecule has 1 aromatic heterocycles. The number of benzene rings is 2. The number of nitrogens with one attached hydrogen (secondary N) is 1. The normalized spacial score (nSPS) is 13.8. The number of aromatic nitrogens is 1. The van der Waals surface area contributed by atoms with E-state index in [1.54, 1.807) is 11.3 Å². The van der Waals surface area contributed by atoms with Gasteiger partial charge in [-0.15, -0.1) is 11.3 Å². The second-order valence-corrected chi connectivity index (χ2v) is 7.74. The first-order valence-corrected chi connectivity index (χ1v) is 10.4. The van der Waals surface area contributed by atoms with Crippen LogP contribution in [0.1, 0.15) is 25.3 Å². The molecule has 144 valence electrons. The lowest BCUT2D eigenvalue weighted by Gasteiger charge is -2.19. The summed E-state index contributed by atoms with van der Waals surface area (Å²) in [5.41, 5.74) is 5.05. The molecule has 0 saturated heterocycles. The Balaban J connectivity index is 1.77. The summed E-state index contributed by atoms with van der Waals surface area (Å²) in [6, 6.07) is 14.2. The van der Waals surface area contributed by atoms with Crippen molar-refractivity contribution in [2.45, 2.75) is 33.2 Å². The molecule has 0 atom stereocenters. The summed E-state index contributed by atoms with van der Waals surface area (Å²) in [5, 5.41) is 5.03. The highest BCUT2D eigenvalue weighted by Crippen LogP contribution is 2.33. The van der Waals surface area contributed by atoms with Crippen molar-refractivity contribution in [1.29, 1.82) is 0 Å². The first kappa shape index (κ1) is 18.5. The zero-order valence-corrected chi connectivity index (χ0v) is 16.9. The van der Waals surface area contributed by atoms with Gasteiger partial charge in [0.1, 0.15) is 5.75 Å². The minimum atomic E-state index is -0.121. The fraction of sp³-hybridized carbons (Fsp3) is 0.273. The third-order valence-electron chi connectivity index (χ3n) is 4.70. The van der Waals surface area contributed by atoms with Crippen molar-refractivity contribution in [3.8, 4) is 17.0 Å². The summed E-state index contributed by atoms with van der Waals surface area (Å²) in [5.74, 6) is 0.590. The zero-order chi connectivity index (χ0) is 19.5. The number of ether oxygens (including phenoxy) is 1. The maximum Gasteiger partial charge on any atom is 0.262 e. The van der Waals surface area contributed by atoms with Crippen LogP contribution in [-0.2, 0) is 11.3 Å². The van der Waals surface area contributed by atoms with Gasteiger partial charge >= 0.3 is 0 Å². The second kappa shape index (κ2) is 8.02. The lowest BCUT2D eigenvalue weighted by molar-refractivity contribution is -0.118. The van der Waals surface area contributed by atoms with Crippen LogP contribution in [0.5, 0.6) is 5.75 Å². The highest BCUT2D eigenvalue weighted by atomic mass is 32.1. The molecule has 0 spiro atoms. The van der Waals surface area contributed by atoms with Crippen molar-refractivity contribution in [3.63, 3.8) is 0 Å². The van der Waals surface area contributed by atoms with Gasteiger partial charge in [0.25, 0.3) is 5.91 Å². The number of nitrogens with zero attached hydrogens (tertiary/aromatic N) is 2. The summed E-state index contributed by atoms with van der Waals surface area (Å²) >= 11 is 1.64. The van der Waals surface area contributed by atoms with E-state index in [1.165, 1.54) is 5.56 Å². The Labute approximate surface area is 168 Å². The average molecular weight is 394 g/mol. The molecule has 1 amide bonds. The molecule has 0 bridgehead atoms. The largest absolute Gasteiger partial charge is 0.482 e. The summed E-state index contributed by atoms with van der Waals surface area (Å²) in [7, 11) is 0. The average Bonchev–Trinajstić information content (AvgIpc) is 3.09. The molecule has 6 heteroatoms. The molecule has 0 saturated carbocycles. The Kier molecular flexibility index (Phi) is 5.30. The van der Waals surface area contributed by atoms with E-state index in [2.05, 4.69) is 41.2 Å². The van der Waals surface area contributed by atoms with Gasteiger partial charge in [0.05, 0.1) is 17.1 Å². The molecule has 28 heavy (non-hydrogen) atoms. The van der Waals surface area contributed by atoms with Gasteiger partial charge in [-0.05, 0) is 43.7 Å². The standard InChI is InChI=1S/C22H23N3O2S/c1-3-4-11-25-19(14-28-22(25)23-17-8-5-15(2)6-9-17)16-7-10-20-18(12-16)24-21(26)13-27-20/h5-10,12,14H,3-4,11,13H2,1-2H3,(H,24,26). The number of thiazole rings is 1. The van der Waals surface area contributed by atoms with Crippen molar-refractivity contribution < 1.29 is 9.53 Å². The van der Waals surface area contributed by atoms with E-state index in [-0.39, 0.29) is 12.5 Å². The van der Waals surface area contributed by atoms with Gasteiger partial charge in [-0.25, -0.2) is 4.99 Å². The van der Waals surface area contributed by atoms with Gasteiger partial charge in [0.2, 0.25) is 0 Å². The molecule has 4 rings (SSSR count). The fourth-order valence-electron chi connectivity index (χ4n) is 3.15. The van der Waals surface area contributed by atoms with Gasteiger partial charge in [0.15, 0.2) is 11.4 Å². The predicted molar refractivity (Wildman–Crippen MR) is 113 cm³/mol. The summed E-state index contributed by atoms with van der Waals surface area (Å²) in [4.78, 5) is 17.5. The van der Waals surface area contributed by atoms with Crippen LogP contribution in [0.15, 0.2) is 52.8 Å². The number of rotatable bonds is 5. The number of hydrogen-bond acceptors (Lipinski definition) is 4. The van der Waals surface area contributed by atoms with Crippen molar-refractivity contribution >= 4 is 28.6 Å². The summed E-state index contributed by atoms with van der Waals surface area (Å²) < 4.78 is 7.75. The van der Waals surface area contributed by atoms with Crippen LogP contribution < -0.4 is 14.9 Å². The number of carbonyl (C=O) groups is 1. The molecule has 1 aliphatic rings. The van der Waals surface area contributed by atoms with Gasteiger partial charge in [-0.2, -0.15) is 0 Å². The van der Waals surface area contributed by atoms with E-state index in [9.17, 15) is 4.79 Å². The number of fused-ring (bicyclic) bond motifs is 1. The van der Waals surface area contributed by atoms with E-state index < -0.39 is 0 Å². The molecule has 1 N–H and O–H groups in total. The Morgan fingerprint density at radius 2 is 2.04 bits per heavy atom. The lowest BCUT2D eigenvalue weighted by Crippen LogP contribution is -2.25. The number of amides is 1. The molecule has 0 aliphatic carbocycles. The van der Waals surface area contributed by atoms with Crippen LogP contribution in [0.2, 0.25) is 0 Å². The summed E-state index contributed by atoms with van der Waals surface area (Å²) in [6.07, 6.45) is 2.19. The molecular formula is C22H23N3O2S. The first-order chi connectivity index (χ1) is 13.6. The SMILES string of the molecule is CCCCn1c(-c2ccc3c(c2)NC(=O)CO3)csc1=Nc1ccc(C)cc1. The quantitative estimate of drug-likeness (QED) is 0.671. The van der Waals surface area contributed by atoms with Gasteiger partial charge < -0.3 is 14.6 Å². The molecule has 5 nitrogen and oxygen atoms in total. The third kappa shape index (κ3) is 3.87. The molecule has 1 aliphatic heterocycles. The minimum Gasteiger partial charge on any atom is -0.482 e. The van der Waals surface area contributed by atoms with E-state index in [0.29, 0.717) is 5.75 Å². The zero-order valence-electron chi connectivity index (χ0n) is 16.1. The van der Waals surface area contributed by atoms with Crippen molar-refractivity contribution in [3.05, 3.63) is 58.2 Å². The van der Waals surface area contributed by atoms with Gasteiger partial charge in [-0.3, -0.25) is 4.79 Å². The van der Waals surface area contributed by atoms with E-state index in [4.69, 9.17) is 9.73 Å². The van der Waals surface area contributed by atoms with Crippen LogP contribution in [0, 0.1) is 6.92 Å². The van der Waals surface area contributed by atoms with Gasteiger partial charge in [0, 0.05) is 17.5 Å². The molecule has 0 radical (unpaired) electrons. The molecular weight excluding hydrogens is 370 g/mol. The Morgan fingerprint density at radius 1 is 1.21 bits per heavy atom. The fourth-order valence-corrected chi connectivity index (χ4v) is 4.11. The smallest absolute Gasteiger partial charge is 0.262 e. The molecule has 3 aromatic rings. The van der Waals surface area contributed by atoms with Crippen molar-refractivity contribution in [1.82, 2.24) is 4.57 Å². The van der Waals surface area contributed by atoms with Crippen LogP contribution in [-0.4, -0.2) is 17.1 Å². The molecule has 2 aromatic carbocycles. The second-order valence-electron chi connectivity index (χ2n) is 6.90. The lowest BCUT2D eigenvalue weighted by atomic mass is 10.1. The van der Waals surface area contributed by atoms with Crippen molar-refractivity contribution in [2.75, 3.05) is 11.9 Å². The molecule has 0 unspecified atom stereocenters. The van der Waals surface area contributed by atoms with Crippen LogP contribution in [0.25, 0.3) is 11.3 Å². The topological polar surface area (TPSA) is 55.6 Å². The Bertz CT molecular complexity index is 1060. The van der Waals surface area contributed by atoms with Crippen LogP contribution >= 0.6 is 11.3 Å². The Morgan fingerprint density at radius 3 is 2.82 bits per heavy atom. The van der Waals surface area contributed by atoms with Gasteiger partial charge in [-0.1, -0.05) is 31.0 Å². The number of anilines is 1. The minimum absolute atomic E-state index is 0.0703. The predicted octanol–water partition coefficient (Wildman–Crippen LogP) is 4.89. The molecule has 0 fully saturated rings. The first-order valence-electron chi connectivity index (χ1n) is 9.51. The number of carbonyl (C=O) groups excluding carboxylic acids is 1. The highest BCUT2D eigenvalue weighted by Gasteiger charge is 2.17. The van der Waals surface area contributed by atoms with Crippen molar-refractivity contribution in [2.24, 2.45) is 4.99 Å². The molecule has 2 heterocycles. The third-order valence-corrected chi connectivity index (χ3v) is 5.56. The number of aryl methyl sites for hydroxylation is 1. The maximum absolute atomic E-state index is 11.7. The monoisotopic (exact) mass is 393 g/mol. The number of hydrogen-bond donors (Lipinski definition) is 1.